The predicted molar refractivity (Wildman–Crippen MR) is 267 cm³/mol. The van der Waals surface area contributed by atoms with Crippen LogP contribution < -0.4 is 16.0 Å². The van der Waals surface area contributed by atoms with E-state index in [4.69, 9.17) is 4.74 Å². The lowest BCUT2D eigenvalue weighted by Crippen LogP contribution is -2.43. The van der Waals surface area contributed by atoms with Crippen LogP contribution in [-0.2, 0) is 42.1 Å². The van der Waals surface area contributed by atoms with Crippen molar-refractivity contribution >= 4 is 39.3 Å². The molecule has 0 saturated heterocycles. The highest BCUT2D eigenvalue weighted by Crippen LogP contribution is 2.36. The van der Waals surface area contributed by atoms with Gasteiger partial charge in [-0.2, -0.15) is 0 Å². The van der Waals surface area contributed by atoms with Gasteiger partial charge in [-0.3, -0.25) is 28.2 Å². The van der Waals surface area contributed by atoms with Gasteiger partial charge in [0.25, 0.3) is 0 Å². The van der Waals surface area contributed by atoms with E-state index in [1.807, 2.05) is 0 Å². The third-order valence-electron chi connectivity index (χ3n) is 12.0. The van der Waals surface area contributed by atoms with Crippen molar-refractivity contribution in [2.24, 2.45) is 0 Å². The van der Waals surface area contributed by atoms with Crippen molar-refractivity contribution in [2.75, 3.05) is 19.8 Å². The Hall–Kier alpha value is -1.94. The first-order valence-electron chi connectivity index (χ1n) is 26.6. The summed E-state index contributed by atoms with van der Waals surface area (Å²) in [4.78, 5) is 89.5. The number of aliphatic hydroxyl groups excluding tert-OH is 1. The second kappa shape index (κ2) is 43.8. The molecule has 0 aromatic carbocycles. The van der Waals surface area contributed by atoms with Crippen molar-refractivity contribution < 1.29 is 66.8 Å². The van der Waals surface area contributed by atoms with Crippen LogP contribution in [0, 0.1) is 0 Å². The fourth-order valence-corrected chi connectivity index (χ4v) is 8.84. The maximum atomic E-state index is 13.4. The van der Waals surface area contributed by atoms with Crippen molar-refractivity contribution in [3.63, 3.8) is 0 Å². The number of rotatable bonds is 49. The van der Waals surface area contributed by atoms with E-state index >= 15 is 0 Å². The Balaban J connectivity index is 5.26. The Morgan fingerprint density at radius 1 is 0.456 bits per heavy atom. The molecule has 0 fully saturated rings. The number of unbranched alkanes of at least 4 members (excludes halogenated alkanes) is 24. The van der Waals surface area contributed by atoms with E-state index < -0.39 is 77.3 Å². The minimum atomic E-state index is -4.97. The van der Waals surface area contributed by atoms with Gasteiger partial charge in [0, 0.05) is 19.4 Å². The molecule has 0 saturated carbocycles. The molecule has 19 heteroatoms. The maximum Gasteiger partial charge on any atom is 0.469 e. The molecule has 3 amide bonds. The van der Waals surface area contributed by atoms with Crippen LogP contribution in [0.4, 0.5) is 0 Å². The standard InChI is InChI=1S/C49H97N3O14P2/c1-4-7-10-13-16-19-22-25-28-33-44(53)38-47(55)51-42(40-64-67(58,59)60)32-31-36-50-46(54)37-43(41-65-68(61,62)63)52-48(56)39-45(34-29-26-23-20-17-14-11-8-5-2)66-49(57)35-30-27-24-21-18-15-12-9-6-3/h42-45,53H,4-41H2,1-3H3,(H,50,54)(H,51,55)(H,52,56)(H2,58,59,60)(H2,61,62,63)/t42-,43-,44-,45-/m1/s1. The number of amides is 3. The van der Waals surface area contributed by atoms with Crippen LogP contribution in [0.25, 0.3) is 0 Å². The summed E-state index contributed by atoms with van der Waals surface area (Å²) in [6.07, 6.45) is 29.0. The molecule has 0 unspecified atom stereocenters. The fraction of sp³-hybridized carbons (Fsp3) is 0.918. The minimum absolute atomic E-state index is 0.0398. The first-order valence-corrected chi connectivity index (χ1v) is 29.7. The van der Waals surface area contributed by atoms with Crippen LogP contribution in [0.15, 0.2) is 0 Å². The van der Waals surface area contributed by atoms with Crippen molar-refractivity contribution in [3.05, 3.63) is 0 Å². The molecular weight excluding hydrogens is 916 g/mol. The van der Waals surface area contributed by atoms with Gasteiger partial charge in [0.15, 0.2) is 0 Å². The molecule has 0 heterocycles. The van der Waals surface area contributed by atoms with Gasteiger partial charge in [0.2, 0.25) is 17.7 Å². The Bertz CT molecular complexity index is 1370. The highest BCUT2D eigenvalue weighted by Gasteiger charge is 2.26. The molecule has 68 heavy (non-hydrogen) atoms. The average Bonchev–Trinajstić information content (AvgIpc) is 3.26. The number of hydrogen-bond acceptors (Lipinski definition) is 10. The summed E-state index contributed by atoms with van der Waals surface area (Å²) in [7, 11) is -9.84. The Kier molecular flexibility index (Phi) is 42.6. The lowest BCUT2D eigenvalue weighted by molar-refractivity contribution is -0.151. The lowest BCUT2D eigenvalue weighted by Gasteiger charge is -2.22. The van der Waals surface area contributed by atoms with Gasteiger partial charge >= 0.3 is 21.6 Å². The van der Waals surface area contributed by atoms with Gasteiger partial charge in [-0.05, 0) is 38.5 Å². The van der Waals surface area contributed by atoms with Gasteiger partial charge < -0.3 is 45.4 Å². The number of nitrogens with one attached hydrogen (secondary N) is 3. The average molecular weight is 1010 g/mol. The molecule has 0 rings (SSSR count). The third kappa shape index (κ3) is 46.4. The van der Waals surface area contributed by atoms with Crippen molar-refractivity contribution in [1.29, 1.82) is 0 Å². The van der Waals surface area contributed by atoms with Crippen molar-refractivity contribution in [1.82, 2.24) is 16.0 Å². The van der Waals surface area contributed by atoms with Crippen LogP contribution in [0.3, 0.4) is 0 Å². The van der Waals surface area contributed by atoms with Crippen LogP contribution in [0.2, 0.25) is 0 Å². The topological polar surface area (TPSA) is 267 Å². The van der Waals surface area contributed by atoms with Gasteiger partial charge in [-0.1, -0.05) is 181 Å². The highest BCUT2D eigenvalue weighted by molar-refractivity contribution is 7.46. The summed E-state index contributed by atoms with van der Waals surface area (Å²) >= 11 is 0. The maximum absolute atomic E-state index is 13.4. The Labute approximate surface area is 410 Å². The third-order valence-corrected chi connectivity index (χ3v) is 13.0. The molecular formula is C49H97N3O14P2. The summed E-state index contributed by atoms with van der Waals surface area (Å²) in [5.74, 6) is -2.05. The van der Waals surface area contributed by atoms with Crippen molar-refractivity contribution in [3.8, 4) is 0 Å². The summed E-state index contributed by atoms with van der Waals surface area (Å²) in [5.41, 5.74) is 0. The van der Waals surface area contributed by atoms with Gasteiger partial charge in [-0.15, -0.1) is 0 Å². The van der Waals surface area contributed by atoms with E-state index in [1.54, 1.807) is 0 Å². The van der Waals surface area contributed by atoms with Crippen LogP contribution in [0.5, 0.6) is 0 Å². The quantitative estimate of drug-likeness (QED) is 0.0160. The number of carbonyl (C=O) groups excluding carboxylic acids is 4. The van der Waals surface area contributed by atoms with Crippen LogP contribution >= 0.6 is 15.6 Å². The smallest absolute Gasteiger partial charge is 0.462 e. The van der Waals surface area contributed by atoms with Crippen molar-refractivity contribution in [2.45, 2.75) is 270 Å². The van der Waals surface area contributed by atoms with E-state index in [9.17, 15) is 53.0 Å². The molecule has 0 spiro atoms. The number of hydrogen-bond donors (Lipinski definition) is 8. The normalized spacial score (nSPS) is 13.7. The second-order valence-electron chi connectivity index (χ2n) is 18.8. The lowest BCUT2D eigenvalue weighted by atomic mass is 10.0. The fourth-order valence-electron chi connectivity index (χ4n) is 8.09. The molecule has 4 atom stereocenters. The van der Waals surface area contributed by atoms with E-state index in [-0.39, 0.29) is 44.6 Å². The molecule has 0 bridgehead atoms. The minimum Gasteiger partial charge on any atom is -0.462 e. The number of aliphatic hydroxyl groups is 1. The molecule has 0 aliphatic carbocycles. The van der Waals surface area contributed by atoms with Gasteiger partial charge in [0.1, 0.15) is 6.10 Å². The first kappa shape index (κ1) is 66.1. The zero-order valence-corrected chi connectivity index (χ0v) is 44.3. The number of ether oxygens (including phenoxy) is 1. The SMILES string of the molecule is CCCCCCCCCCCC(=O)O[C@H](CCCCCCCCCCC)CC(=O)N[C@@H](COP(=O)(O)O)CC(=O)NCCC[C@H](COP(=O)(O)O)NC(=O)C[C@H](O)CCCCCCCCCCC. The largest absolute Gasteiger partial charge is 0.469 e. The molecule has 17 nitrogen and oxygen atoms in total. The van der Waals surface area contributed by atoms with Crippen LogP contribution in [-0.4, -0.2) is 92.4 Å². The summed E-state index contributed by atoms with van der Waals surface area (Å²) in [5, 5.41) is 18.4. The number of esters is 1. The van der Waals surface area contributed by atoms with E-state index in [2.05, 4.69) is 45.8 Å². The van der Waals surface area contributed by atoms with E-state index in [1.165, 1.54) is 96.3 Å². The summed E-state index contributed by atoms with van der Waals surface area (Å²) in [6, 6.07) is -2.00. The van der Waals surface area contributed by atoms with Gasteiger partial charge in [0.05, 0.1) is 44.2 Å². The zero-order valence-electron chi connectivity index (χ0n) is 42.5. The zero-order chi connectivity index (χ0) is 50.7. The molecule has 0 aliphatic heterocycles. The predicted octanol–water partition coefficient (Wildman–Crippen LogP) is 10.3. The molecule has 402 valence electrons. The first-order chi connectivity index (χ1) is 32.5. The monoisotopic (exact) mass is 1010 g/mol. The second-order valence-corrected chi connectivity index (χ2v) is 21.3. The number of phosphoric acid groups is 2. The molecule has 0 aromatic heterocycles. The Morgan fingerprint density at radius 2 is 0.853 bits per heavy atom. The van der Waals surface area contributed by atoms with E-state index in [0.29, 0.717) is 19.3 Å². The van der Waals surface area contributed by atoms with Crippen LogP contribution in [0.1, 0.15) is 245 Å². The summed E-state index contributed by atoms with van der Waals surface area (Å²) < 4.78 is 38.2. The van der Waals surface area contributed by atoms with E-state index in [0.717, 1.165) is 70.6 Å². The number of phosphoric ester groups is 2. The van der Waals surface area contributed by atoms with Gasteiger partial charge in [-0.25, -0.2) is 9.13 Å². The molecule has 0 aromatic rings. The molecule has 8 N–H and O–H groups in total. The molecule has 0 aliphatic rings. The summed E-state index contributed by atoms with van der Waals surface area (Å²) in [6.45, 7) is 5.42. The Morgan fingerprint density at radius 3 is 1.32 bits per heavy atom. The highest BCUT2D eigenvalue weighted by atomic mass is 31.2. The molecule has 0 radical (unpaired) electrons. The number of carbonyl (C=O) groups is 4.